The molecule has 1 aromatic heterocycles. The van der Waals surface area contributed by atoms with Crippen molar-refractivity contribution in [1.29, 1.82) is 0 Å². The number of amides is 3. The van der Waals surface area contributed by atoms with Crippen molar-refractivity contribution in [1.82, 2.24) is 25.4 Å². The molecule has 0 radical (unpaired) electrons. The number of rotatable bonds is 23. The molecule has 1 saturated heterocycles. The van der Waals surface area contributed by atoms with E-state index in [9.17, 15) is 29.1 Å². The molecular weight excluding hydrogens is 755 g/mol. The summed E-state index contributed by atoms with van der Waals surface area (Å²) in [6.45, 7) is 18.2. The van der Waals surface area contributed by atoms with Gasteiger partial charge in [0.2, 0.25) is 11.8 Å². The second-order valence-corrected chi connectivity index (χ2v) is 18.3. The molecule has 6 atom stereocenters. The van der Waals surface area contributed by atoms with Crippen LogP contribution in [0.1, 0.15) is 152 Å². The Morgan fingerprint density at radius 1 is 1.03 bits per heavy atom. The third-order valence-corrected chi connectivity index (χ3v) is 12.6. The smallest absolute Gasteiger partial charge is 0.309 e. The molecule has 3 amide bonds. The Bertz CT molecular complexity index is 1640. The van der Waals surface area contributed by atoms with Crippen molar-refractivity contribution in [2.24, 2.45) is 17.3 Å². The molecule has 12 nitrogen and oxygen atoms in total. The molecule has 58 heavy (non-hydrogen) atoms. The van der Waals surface area contributed by atoms with Gasteiger partial charge in [0.25, 0.3) is 5.91 Å². The number of nitrogens with one attached hydrogen (secondary N) is 2. The first-order valence-corrected chi connectivity index (χ1v) is 22.3. The Morgan fingerprint density at radius 2 is 1.72 bits per heavy atom. The van der Waals surface area contributed by atoms with Crippen molar-refractivity contribution in [3.8, 4) is 0 Å². The van der Waals surface area contributed by atoms with Crippen LogP contribution < -0.4 is 10.6 Å². The Labute approximate surface area is 351 Å². The molecule has 1 aromatic carbocycles. The van der Waals surface area contributed by atoms with Crippen molar-refractivity contribution in [2.45, 2.75) is 163 Å². The van der Waals surface area contributed by atoms with Gasteiger partial charge in [-0.1, -0.05) is 96.6 Å². The molecule has 2 heterocycles. The first-order chi connectivity index (χ1) is 27.4. The third kappa shape index (κ3) is 14.5. The highest BCUT2D eigenvalue weighted by molar-refractivity contribution is 7.09. The Balaban J connectivity index is 1.94. The number of carbonyl (C=O) groups excluding carboxylic acids is 4. The number of piperidine rings is 1. The number of nitrogens with zero attached hydrogens (tertiary/aromatic N) is 3. The number of likely N-dealkylation sites (N-methyl/N-ethyl adjacent to an activating group) is 1. The molecule has 1 fully saturated rings. The lowest BCUT2D eigenvalue weighted by atomic mass is 9.84. The lowest BCUT2D eigenvalue weighted by Crippen LogP contribution is -2.59. The average Bonchev–Trinajstić information content (AvgIpc) is 3.67. The van der Waals surface area contributed by atoms with Crippen molar-refractivity contribution in [3.63, 3.8) is 0 Å². The van der Waals surface area contributed by atoms with Gasteiger partial charge in [0.15, 0.2) is 6.10 Å². The number of ether oxygens (including phenoxy) is 1. The van der Waals surface area contributed by atoms with E-state index in [1.807, 2.05) is 70.8 Å². The van der Waals surface area contributed by atoms with Crippen molar-refractivity contribution < 1.29 is 33.8 Å². The van der Waals surface area contributed by atoms with Crippen molar-refractivity contribution in [2.75, 3.05) is 20.1 Å². The zero-order valence-electron chi connectivity index (χ0n) is 36.8. The molecule has 0 unspecified atom stereocenters. The van der Waals surface area contributed by atoms with Crippen molar-refractivity contribution in [3.05, 3.63) is 51.5 Å². The predicted octanol–water partition coefficient (Wildman–Crippen LogP) is 7.74. The van der Waals surface area contributed by atoms with Crippen molar-refractivity contribution >= 4 is 41.0 Å². The number of unbranched alkanes of at least 4 members (excludes halogenated alkanes) is 3. The van der Waals surface area contributed by atoms with Gasteiger partial charge in [0, 0.05) is 37.4 Å². The molecular formula is C45H71N5O7S. The Kier molecular flexibility index (Phi) is 19.3. The average molecular weight is 826 g/mol. The summed E-state index contributed by atoms with van der Waals surface area (Å²) in [7, 11) is 1.96. The van der Waals surface area contributed by atoms with Gasteiger partial charge in [-0.2, -0.15) is 0 Å². The fourth-order valence-corrected chi connectivity index (χ4v) is 8.57. The van der Waals surface area contributed by atoms with Gasteiger partial charge < -0.3 is 25.4 Å². The van der Waals surface area contributed by atoms with Crippen LogP contribution in [0.2, 0.25) is 0 Å². The number of esters is 1. The van der Waals surface area contributed by atoms with Gasteiger partial charge in [-0.15, -0.1) is 11.3 Å². The predicted molar refractivity (Wildman–Crippen MR) is 230 cm³/mol. The first kappa shape index (κ1) is 48.5. The van der Waals surface area contributed by atoms with Crippen LogP contribution in [-0.4, -0.2) is 93.9 Å². The SMILES string of the molecule is CCCCCCN(C(=O)[C@@H](NC(=O)[C@H]1CCCCN1C)[C@@H](C)CC)[C@H](C[C@@H](OC(C)=O)c1nc(C(=O)N[C@@H](Cc2ccc(C)cc2)CC(C)(C)C(=O)O)cs1)C(C)C. The highest BCUT2D eigenvalue weighted by Crippen LogP contribution is 2.32. The first-order valence-electron chi connectivity index (χ1n) is 21.4. The summed E-state index contributed by atoms with van der Waals surface area (Å²) < 4.78 is 5.93. The van der Waals surface area contributed by atoms with Crippen LogP contribution in [0.15, 0.2) is 29.6 Å². The van der Waals surface area contributed by atoms with E-state index < -0.39 is 41.4 Å². The molecule has 3 N–H and O–H groups in total. The number of likely N-dealkylation sites (tertiary alicyclic amines) is 1. The molecule has 0 aliphatic carbocycles. The second-order valence-electron chi connectivity index (χ2n) is 17.4. The van der Waals surface area contributed by atoms with E-state index in [2.05, 4.69) is 22.5 Å². The molecule has 0 bridgehead atoms. The number of aryl methyl sites for hydroxylation is 1. The number of hydrogen-bond acceptors (Lipinski definition) is 9. The lowest BCUT2D eigenvalue weighted by Gasteiger charge is -2.40. The fraction of sp³-hybridized carbons (Fsp3) is 0.689. The van der Waals surface area contributed by atoms with Crippen LogP contribution in [-0.2, 0) is 30.3 Å². The Hall–Kier alpha value is -3.84. The van der Waals surface area contributed by atoms with E-state index in [4.69, 9.17) is 9.72 Å². The van der Waals surface area contributed by atoms with Crippen LogP contribution in [0.3, 0.4) is 0 Å². The highest BCUT2D eigenvalue weighted by atomic mass is 32.1. The maximum atomic E-state index is 14.9. The summed E-state index contributed by atoms with van der Waals surface area (Å²) in [6.07, 6.45) is 7.33. The van der Waals surface area contributed by atoms with Gasteiger partial charge in [0.1, 0.15) is 16.7 Å². The van der Waals surface area contributed by atoms with Crippen LogP contribution in [0.4, 0.5) is 0 Å². The largest absolute Gasteiger partial charge is 0.481 e. The second kappa shape index (κ2) is 23.1. The zero-order chi connectivity index (χ0) is 43.2. The van der Waals surface area contributed by atoms with E-state index in [0.717, 1.165) is 62.6 Å². The summed E-state index contributed by atoms with van der Waals surface area (Å²) in [5.41, 5.74) is 1.11. The van der Waals surface area contributed by atoms with Gasteiger partial charge in [-0.3, -0.25) is 28.9 Å². The minimum atomic E-state index is -1.09. The number of carbonyl (C=O) groups is 5. The molecule has 0 spiro atoms. The summed E-state index contributed by atoms with van der Waals surface area (Å²) >= 11 is 1.21. The van der Waals surface area contributed by atoms with E-state index >= 15 is 0 Å². The van der Waals surface area contributed by atoms with E-state index in [1.165, 1.54) is 18.3 Å². The lowest BCUT2D eigenvalue weighted by molar-refractivity contribution is -0.150. The monoisotopic (exact) mass is 826 g/mol. The number of thiazole rings is 1. The molecule has 1 aliphatic heterocycles. The number of hydrogen-bond donors (Lipinski definition) is 3. The molecule has 0 saturated carbocycles. The summed E-state index contributed by atoms with van der Waals surface area (Å²) in [5, 5.41) is 18.2. The number of aromatic nitrogens is 1. The zero-order valence-corrected chi connectivity index (χ0v) is 37.6. The number of carboxylic acid groups (broad SMARTS) is 1. The van der Waals surface area contributed by atoms with Gasteiger partial charge in [-0.25, -0.2) is 4.98 Å². The minimum Gasteiger partial charge on any atom is -0.481 e. The molecule has 324 valence electrons. The maximum Gasteiger partial charge on any atom is 0.309 e. The Morgan fingerprint density at radius 3 is 2.31 bits per heavy atom. The minimum absolute atomic E-state index is 0.0474. The highest BCUT2D eigenvalue weighted by Gasteiger charge is 2.39. The summed E-state index contributed by atoms with van der Waals surface area (Å²) in [4.78, 5) is 75.8. The molecule has 13 heteroatoms. The fourth-order valence-electron chi connectivity index (χ4n) is 7.73. The maximum absolute atomic E-state index is 14.9. The van der Waals surface area contributed by atoms with Crippen LogP contribution >= 0.6 is 11.3 Å². The van der Waals surface area contributed by atoms with Crippen LogP contribution in [0.25, 0.3) is 0 Å². The van der Waals surface area contributed by atoms with E-state index in [-0.39, 0.29) is 54.3 Å². The molecule has 1 aliphatic rings. The molecule has 2 aromatic rings. The van der Waals surface area contributed by atoms with E-state index in [1.54, 1.807) is 19.2 Å². The third-order valence-electron chi connectivity index (χ3n) is 11.6. The number of benzene rings is 1. The molecule has 3 rings (SSSR count). The summed E-state index contributed by atoms with van der Waals surface area (Å²) in [6, 6.07) is 6.05. The standard InChI is InChI=1S/C45H71N5O7S/c1-11-13-14-16-24-50(43(54)39(31(6)12-2)48-41(53)36-18-15-17-23-49(36)10)37(29(3)4)26-38(57-32(7)51)42-47-35(28-58-42)40(52)46-34(27-45(8,9)44(55)56)25-33-21-19-30(5)20-22-33/h19-22,28-29,31,34,36-39H,11-18,23-27H2,1-10H3,(H,46,52)(H,48,53)(H,55,56)/t31-,34-,36+,37+,38+,39-/m0/s1. The quantitative estimate of drug-likeness (QED) is 0.0753. The van der Waals surface area contributed by atoms with Crippen LogP contribution in [0, 0.1) is 24.2 Å². The van der Waals surface area contributed by atoms with Gasteiger partial charge in [0.05, 0.1) is 11.5 Å². The van der Waals surface area contributed by atoms with Gasteiger partial charge in [-0.05, 0) is 83.9 Å². The van der Waals surface area contributed by atoms with E-state index in [0.29, 0.717) is 24.4 Å². The number of aliphatic carboxylic acids is 1. The normalized spacial score (nSPS) is 17.5. The van der Waals surface area contributed by atoms with Gasteiger partial charge >= 0.3 is 11.9 Å². The topological polar surface area (TPSA) is 158 Å². The van der Waals surface area contributed by atoms with Crippen LogP contribution in [0.5, 0.6) is 0 Å². The number of carboxylic acids is 1. The summed E-state index contributed by atoms with van der Waals surface area (Å²) in [5.74, 6) is -2.34.